The summed E-state index contributed by atoms with van der Waals surface area (Å²) in [7, 11) is 0. The Bertz CT molecular complexity index is 1360. The van der Waals surface area contributed by atoms with E-state index < -0.39 is 17.9 Å². The molecule has 158 valence electrons. The van der Waals surface area contributed by atoms with Gasteiger partial charge in [-0.2, -0.15) is 0 Å². The van der Waals surface area contributed by atoms with E-state index in [4.69, 9.17) is 14.5 Å². The van der Waals surface area contributed by atoms with Crippen LogP contribution in [0.5, 0.6) is 5.75 Å². The number of aromatic nitrogens is 2. The van der Waals surface area contributed by atoms with Crippen LogP contribution in [0.2, 0.25) is 0 Å². The van der Waals surface area contributed by atoms with Crippen molar-refractivity contribution in [3.8, 4) is 17.1 Å². The number of cyclic esters (lactones) is 1. The van der Waals surface area contributed by atoms with Gasteiger partial charge in [-0.1, -0.05) is 6.92 Å². The van der Waals surface area contributed by atoms with E-state index in [-0.39, 0.29) is 18.6 Å². The lowest BCUT2D eigenvalue weighted by molar-refractivity contribution is -0.172. The van der Waals surface area contributed by atoms with Crippen LogP contribution in [0.25, 0.3) is 22.3 Å². The molecule has 3 aromatic rings. The summed E-state index contributed by atoms with van der Waals surface area (Å²) in [6.07, 6.45) is 0.499. The van der Waals surface area contributed by atoms with Crippen molar-refractivity contribution in [3.05, 3.63) is 56.9 Å². The zero-order chi connectivity index (χ0) is 21.5. The Hall–Kier alpha value is -3.23. The summed E-state index contributed by atoms with van der Waals surface area (Å²) in [5.41, 5.74) is 2.42. The summed E-state index contributed by atoms with van der Waals surface area (Å²) in [6, 6.07) is 7.38. The van der Waals surface area contributed by atoms with Gasteiger partial charge in [0.25, 0.3) is 5.56 Å². The van der Waals surface area contributed by atoms with E-state index in [0.29, 0.717) is 47.7 Å². The minimum Gasteiger partial charge on any atom is -0.465 e. The number of carbonyl (C=O) groups is 1. The Morgan fingerprint density at radius 3 is 2.90 bits per heavy atom. The third-order valence-corrected chi connectivity index (χ3v) is 6.66. The number of carbonyl (C=O) groups excluding carboxylic acids is 1. The monoisotopic (exact) mass is 420 g/mol. The number of fused-ring (bicyclic) bond motifs is 7. The second-order valence-corrected chi connectivity index (χ2v) is 8.32. The predicted octanol–water partition coefficient (Wildman–Crippen LogP) is 1.72. The summed E-state index contributed by atoms with van der Waals surface area (Å²) in [6.45, 7) is 1.89. The van der Waals surface area contributed by atoms with Gasteiger partial charge < -0.3 is 24.3 Å². The van der Waals surface area contributed by atoms with Crippen LogP contribution in [-0.4, -0.2) is 32.0 Å². The Morgan fingerprint density at radius 2 is 2.10 bits per heavy atom. The predicted molar refractivity (Wildman–Crippen MR) is 109 cm³/mol. The molecule has 8 heteroatoms. The summed E-state index contributed by atoms with van der Waals surface area (Å²) >= 11 is 0. The molecule has 0 saturated carbocycles. The maximum Gasteiger partial charge on any atom is 0.343 e. The van der Waals surface area contributed by atoms with Crippen molar-refractivity contribution in [2.24, 2.45) is 0 Å². The van der Waals surface area contributed by atoms with E-state index in [1.165, 1.54) is 0 Å². The van der Waals surface area contributed by atoms with Crippen molar-refractivity contribution >= 4 is 16.9 Å². The Labute approximate surface area is 176 Å². The third-order valence-electron chi connectivity index (χ3n) is 6.66. The highest BCUT2D eigenvalue weighted by Gasteiger charge is 2.45. The van der Waals surface area contributed by atoms with E-state index in [1.54, 1.807) is 23.6 Å². The molecule has 2 N–H and O–H groups in total. The maximum absolute atomic E-state index is 13.2. The molecule has 1 aromatic carbocycles. The molecule has 2 atom stereocenters. The molecule has 31 heavy (non-hydrogen) atoms. The van der Waals surface area contributed by atoms with Gasteiger partial charge in [0.2, 0.25) is 0 Å². The second-order valence-electron chi connectivity index (χ2n) is 8.32. The minimum atomic E-state index is -1.83. The fourth-order valence-electron chi connectivity index (χ4n) is 4.93. The number of pyridine rings is 2. The van der Waals surface area contributed by atoms with E-state index in [9.17, 15) is 19.8 Å². The summed E-state index contributed by atoms with van der Waals surface area (Å²) in [4.78, 5) is 30.3. The molecule has 5 heterocycles. The Kier molecular flexibility index (Phi) is 3.68. The van der Waals surface area contributed by atoms with Gasteiger partial charge in [0, 0.05) is 28.5 Å². The van der Waals surface area contributed by atoms with Crippen LogP contribution in [0.4, 0.5) is 0 Å². The molecule has 0 amide bonds. The number of benzene rings is 1. The van der Waals surface area contributed by atoms with Gasteiger partial charge >= 0.3 is 5.97 Å². The lowest BCUT2D eigenvalue weighted by atomic mass is 9.86. The molecule has 6 rings (SSSR count). The van der Waals surface area contributed by atoms with E-state index in [1.807, 2.05) is 12.1 Å². The first kappa shape index (κ1) is 18.5. The highest BCUT2D eigenvalue weighted by atomic mass is 16.6. The van der Waals surface area contributed by atoms with Crippen LogP contribution in [0.3, 0.4) is 0 Å². The van der Waals surface area contributed by atoms with Gasteiger partial charge in [-0.15, -0.1) is 0 Å². The molecule has 1 unspecified atom stereocenters. The number of rotatable bonds is 1. The molecule has 2 aromatic heterocycles. The molecular formula is C23H20N2O6. The van der Waals surface area contributed by atoms with Gasteiger partial charge in [0.05, 0.1) is 29.0 Å². The van der Waals surface area contributed by atoms with Crippen molar-refractivity contribution in [2.45, 2.75) is 51.2 Å². The molecule has 0 saturated heterocycles. The molecule has 8 nitrogen and oxygen atoms in total. The summed E-state index contributed by atoms with van der Waals surface area (Å²) in [5.74, 6) is -0.0785. The van der Waals surface area contributed by atoms with Crippen LogP contribution in [0, 0.1) is 0 Å². The topological polar surface area (TPSA) is 111 Å². The van der Waals surface area contributed by atoms with Crippen molar-refractivity contribution in [3.63, 3.8) is 0 Å². The fraction of sp³-hybridized carbons (Fsp3) is 0.348. The minimum absolute atomic E-state index is 0.109. The number of aliphatic hydroxyl groups excluding tert-OH is 1. The largest absolute Gasteiger partial charge is 0.465 e. The summed E-state index contributed by atoms with van der Waals surface area (Å²) in [5, 5.41) is 21.7. The number of hydrogen-bond donors (Lipinski definition) is 2. The summed E-state index contributed by atoms with van der Waals surface area (Å²) < 4.78 is 12.3. The highest BCUT2D eigenvalue weighted by molar-refractivity contribution is 5.89. The van der Waals surface area contributed by atoms with E-state index in [2.05, 4.69) is 0 Å². The Balaban J connectivity index is 1.57. The smallest absolute Gasteiger partial charge is 0.343 e. The van der Waals surface area contributed by atoms with Crippen molar-refractivity contribution in [1.82, 2.24) is 9.55 Å². The van der Waals surface area contributed by atoms with E-state index >= 15 is 0 Å². The first-order chi connectivity index (χ1) is 14.9. The van der Waals surface area contributed by atoms with Gasteiger partial charge in [0.15, 0.2) is 11.9 Å². The van der Waals surface area contributed by atoms with Crippen LogP contribution < -0.4 is 10.3 Å². The van der Waals surface area contributed by atoms with Gasteiger partial charge in [-0.05, 0) is 37.1 Å². The van der Waals surface area contributed by atoms with Crippen LogP contribution in [0.1, 0.15) is 42.0 Å². The molecule has 0 aliphatic carbocycles. The molecule has 0 fully saturated rings. The molecule has 0 radical (unpaired) electrons. The number of ether oxygens (including phenoxy) is 2. The maximum atomic E-state index is 13.2. The molecule has 3 aliphatic heterocycles. The first-order valence-corrected chi connectivity index (χ1v) is 10.4. The third kappa shape index (κ3) is 2.40. The van der Waals surface area contributed by atoms with Crippen LogP contribution in [0.15, 0.2) is 29.1 Å². The van der Waals surface area contributed by atoms with Gasteiger partial charge in [-0.25, -0.2) is 9.78 Å². The first-order valence-electron chi connectivity index (χ1n) is 10.4. The zero-order valence-electron chi connectivity index (χ0n) is 16.8. The fourth-order valence-corrected chi connectivity index (χ4v) is 4.93. The number of esters is 1. The molecular weight excluding hydrogens is 400 g/mol. The standard InChI is InChI=1S/C23H20N2O6/c1-2-23(29)15-8-17-20-11(9-25(17)21(27)14(15)10-30-22(23)28)7-13-12-3-6-19(26)31-18(12)5-4-16(13)24-20/h4-5,7-8,19,26,29H,2-3,6,9-10H2,1H3/t19?,23-/m0/s1. The lowest BCUT2D eigenvalue weighted by Gasteiger charge is -2.31. The van der Waals surface area contributed by atoms with Crippen molar-refractivity contribution < 1.29 is 24.5 Å². The van der Waals surface area contributed by atoms with Gasteiger partial charge in [-0.3, -0.25) is 4.79 Å². The van der Waals surface area contributed by atoms with E-state index in [0.717, 1.165) is 22.0 Å². The molecule has 0 spiro atoms. The molecule has 0 bridgehead atoms. The molecule has 3 aliphatic rings. The Morgan fingerprint density at radius 1 is 1.26 bits per heavy atom. The lowest BCUT2D eigenvalue weighted by Crippen LogP contribution is -2.44. The van der Waals surface area contributed by atoms with Crippen molar-refractivity contribution in [2.75, 3.05) is 0 Å². The number of aryl methyl sites for hydroxylation is 1. The van der Waals surface area contributed by atoms with Crippen molar-refractivity contribution in [1.29, 1.82) is 0 Å². The number of aliphatic hydroxyl groups is 2. The highest BCUT2D eigenvalue weighted by Crippen LogP contribution is 2.40. The normalized spacial score (nSPS) is 23.5. The van der Waals surface area contributed by atoms with Crippen LogP contribution >= 0.6 is 0 Å². The second kappa shape index (κ2) is 6.15. The average molecular weight is 420 g/mol. The quantitative estimate of drug-likeness (QED) is 0.451. The number of nitrogens with zero attached hydrogens (tertiary/aromatic N) is 2. The van der Waals surface area contributed by atoms with Crippen LogP contribution in [-0.2, 0) is 34.7 Å². The van der Waals surface area contributed by atoms with Gasteiger partial charge in [0.1, 0.15) is 12.4 Å². The zero-order valence-corrected chi connectivity index (χ0v) is 16.8. The number of hydrogen-bond acceptors (Lipinski definition) is 7. The SMILES string of the molecule is CC[C@@]1(O)C(=O)OCc2c1cc1n(c2=O)Cc2cc3c4c(ccc3nc2-1)OC(O)CC4. The average Bonchev–Trinajstić information content (AvgIpc) is 3.13.